The van der Waals surface area contributed by atoms with E-state index >= 15 is 0 Å². The van der Waals surface area contributed by atoms with Crippen molar-refractivity contribution in [2.24, 2.45) is 0 Å². The largest absolute Gasteiger partial charge is 0.453 e. The molecule has 0 bridgehead atoms. The first-order chi connectivity index (χ1) is 16.4. The van der Waals surface area contributed by atoms with Gasteiger partial charge in [0.1, 0.15) is 23.6 Å². The molecule has 0 saturated heterocycles. The minimum Gasteiger partial charge on any atom is -0.453 e. The van der Waals surface area contributed by atoms with E-state index in [9.17, 15) is 9.18 Å². The van der Waals surface area contributed by atoms with E-state index in [1.54, 1.807) is 43.8 Å². The molecule has 0 saturated carbocycles. The quantitative estimate of drug-likeness (QED) is 0.424. The number of fused-ring (bicyclic) bond motifs is 1. The minimum atomic E-state index is -0.587. The van der Waals surface area contributed by atoms with E-state index in [0.29, 0.717) is 17.2 Å². The number of halogens is 1. The first kappa shape index (κ1) is 21.3. The Hall–Kier alpha value is -4.60. The van der Waals surface area contributed by atoms with Gasteiger partial charge in [-0.2, -0.15) is 0 Å². The first-order valence-corrected chi connectivity index (χ1v) is 10.4. The second kappa shape index (κ2) is 8.39. The molecule has 0 fully saturated rings. The van der Waals surface area contributed by atoms with Gasteiger partial charge in [-0.25, -0.2) is 19.2 Å². The lowest BCUT2D eigenvalue weighted by Gasteiger charge is -2.11. The van der Waals surface area contributed by atoms with Gasteiger partial charge in [0.25, 0.3) is 0 Å². The Morgan fingerprint density at radius 3 is 2.62 bits per heavy atom. The van der Waals surface area contributed by atoms with Crippen molar-refractivity contribution in [2.45, 2.75) is 13.8 Å². The molecule has 10 heteroatoms. The van der Waals surface area contributed by atoms with Crippen molar-refractivity contribution < 1.29 is 13.9 Å². The van der Waals surface area contributed by atoms with Crippen LogP contribution in [-0.2, 0) is 4.74 Å². The van der Waals surface area contributed by atoms with Gasteiger partial charge in [-0.05, 0) is 61.4 Å². The van der Waals surface area contributed by atoms with Gasteiger partial charge in [0, 0.05) is 29.2 Å². The lowest BCUT2D eigenvalue weighted by atomic mass is 10.1. The van der Waals surface area contributed by atoms with E-state index in [2.05, 4.69) is 30.2 Å². The molecule has 0 atom stereocenters. The van der Waals surface area contributed by atoms with Crippen LogP contribution in [0.3, 0.4) is 0 Å². The Bertz CT molecular complexity index is 1520. The van der Waals surface area contributed by atoms with Crippen LogP contribution in [-0.4, -0.2) is 42.3 Å². The summed E-state index contributed by atoms with van der Waals surface area (Å²) in [6, 6.07) is 10.4. The van der Waals surface area contributed by atoms with Gasteiger partial charge >= 0.3 is 6.09 Å². The van der Waals surface area contributed by atoms with Gasteiger partial charge in [-0.3, -0.25) is 14.3 Å². The fourth-order valence-electron chi connectivity index (χ4n) is 3.77. The van der Waals surface area contributed by atoms with Gasteiger partial charge in [-0.15, -0.1) is 10.2 Å². The van der Waals surface area contributed by atoms with E-state index in [-0.39, 0.29) is 5.82 Å². The first-order valence-electron chi connectivity index (χ1n) is 10.4. The van der Waals surface area contributed by atoms with Crippen LogP contribution in [0.25, 0.3) is 34.0 Å². The average molecular weight is 457 g/mol. The third-order valence-electron chi connectivity index (χ3n) is 5.49. The highest BCUT2D eigenvalue weighted by Gasteiger charge is 2.15. The molecule has 34 heavy (non-hydrogen) atoms. The van der Waals surface area contributed by atoms with Crippen LogP contribution >= 0.6 is 0 Å². The number of carbonyl (C=O) groups excluding carboxylic acids is 1. The lowest BCUT2D eigenvalue weighted by molar-refractivity contribution is 0.187. The molecule has 4 aromatic heterocycles. The molecule has 1 amide bonds. The smallest absolute Gasteiger partial charge is 0.412 e. The van der Waals surface area contributed by atoms with Crippen molar-refractivity contribution in [2.75, 3.05) is 12.4 Å². The second-order valence-corrected chi connectivity index (χ2v) is 7.76. The van der Waals surface area contributed by atoms with E-state index < -0.39 is 6.09 Å². The summed E-state index contributed by atoms with van der Waals surface area (Å²) in [5, 5.41) is 10.9. The normalized spacial score (nSPS) is 11.1. The number of hydrogen-bond acceptors (Lipinski definition) is 6. The number of anilines is 1. The standard InChI is InChI=1S/C24H20FN7O2/c1-14-9-18(5-6-19(14)25)32-13-28-30-23(32)17-8-15(2)22-27-11-20(31(22)12-17)16-4-7-21(26-10-16)29-24(33)34-3/h4-13H,1-3H3,(H,26,29,33). The summed E-state index contributed by atoms with van der Waals surface area (Å²) < 4.78 is 22.2. The maximum absolute atomic E-state index is 13.8. The Balaban J connectivity index is 1.57. The molecule has 5 rings (SSSR count). The number of methoxy groups -OCH3 is 1. The Kier molecular flexibility index (Phi) is 5.25. The number of imidazole rings is 1. The van der Waals surface area contributed by atoms with Crippen molar-refractivity contribution in [3.05, 3.63) is 78.3 Å². The molecule has 1 aromatic carbocycles. The number of amides is 1. The third kappa shape index (κ3) is 3.75. The molecule has 5 aromatic rings. The van der Waals surface area contributed by atoms with Crippen molar-refractivity contribution >= 4 is 17.6 Å². The number of carbonyl (C=O) groups is 1. The van der Waals surface area contributed by atoms with Crippen LogP contribution in [0.2, 0.25) is 0 Å². The number of aromatic nitrogens is 6. The summed E-state index contributed by atoms with van der Waals surface area (Å²) in [6.45, 7) is 3.69. The molecular formula is C24H20FN7O2. The maximum atomic E-state index is 13.8. The van der Waals surface area contributed by atoms with Crippen molar-refractivity contribution in [3.63, 3.8) is 0 Å². The molecule has 0 spiro atoms. The zero-order chi connectivity index (χ0) is 23.8. The molecule has 0 aliphatic carbocycles. The van der Waals surface area contributed by atoms with Gasteiger partial charge in [-0.1, -0.05) is 0 Å². The van der Waals surface area contributed by atoms with Crippen molar-refractivity contribution in [1.29, 1.82) is 0 Å². The topological polar surface area (TPSA) is 99.2 Å². The second-order valence-electron chi connectivity index (χ2n) is 7.76. The van der Waals surface area contributed by atoms with E-state index in [4.69, 9.17) is 0 Å². The van der Waals surface area contributed by atoms with Crippen LogP contribution in [0.4, 0.5) is 15.0 Å². The molecule has 9 nitrogen and oxygen atoms in total. The molecule has 0 unspecified atom stereocenters. The number of nitrogens with one attached hydrogen (secondary N) is 1. The van der Waals surface area contributed by atoms with Crippen LogP contribution in [0.1, 0.15) is 11.1 Å². The zero-order valence-electron chi connectivity index (χ0n) is 18.7. The fraction of sp³-hybridized carbons (Fsp3) is 0.125. The summed E-state index contributed by atoms with van der Waals surface area (Å²) >= 11 is 0. The zero-order valence-corrected chi connectivity index (χ0v) is 18.7. The predicted molar refractivity (Wildman–Crippen MR) is 124 cm³/mol. The predicted octanol–water partition coefficient (Wildman–Crippen LogP) is 4.58. The van der Waals surface area contributed by atoms with Gasteiger partial charge < -0.3 is 4.74 Å². The van der Waals surface area contributed by atoms with E-state index in [1.807, 2.05) is 34.2 Å². The summed E-state index contributed by atoms with van der Waals surface area (Å²) in [5.74, 6) is 0.732. The van der Waals surface area contributed by atoms with Crippen LogP contribution < -0.4 is 5.32 Å². The van der Waals surface area contributed by atoms with E-state index in [0.717, 1.165) is 33.7 Å². The molecule has 0 aliphatic heterocycles. The number of nitrogens with zero attached hydrogens (tertiary/aromatic N) is 6. The monoisotopic (exact) mass is 457 g/mol. The van der Waals surface area contributed by atoms with Crippen LogP contribution in [0, 0.1) is 19.7 Å². The summed E-state index contributed by atoms with van der Waals surface area (Å²) in [4.78, 5) is 20.3. The van der Waals surface area contributed by atoms with Crippen molar-refractivity contribution in [1.82, 2.24) is 29.1 Å². The highest BCUT2D eigenvalue weighted by atomic mass is 19.1. The molecule has 0 aliphatic rings. The summed E-state index contributed by atoms with van der Waals surface area (Å²) in [5.41, 5.74) is 5.50. The maximum Gasteiger partial charge on any atom is 0.412 e. The number of rotatable bonds is 4. The molecular weight excluding hydrogens is 437 g/mol. The van der Waals surface area contributed by atoms with Crippen molar-refractivity contribution in [3.8, 4) is 28.3 Å². The number of aryl methyl sites for hydroxylation is 2. The summed E-state index contributed by atoms with van der Waals surface area (Å²) in [6.07, 6.45) is 6.37. The average Bonchev–Trinajstić information content (AvgIpc) is 3.49. The Morgan fingerprint density at radius 1 is 1.03 bits per heavy atom. The van der Waals surface area contributed by atoms with Gasteiger partial charge in [0.15, 0.2) is 5.82 Å². The Morgan fingerprint density at radius 2 is 1.88 bits per heavy atom. The number of ether oxygens (including phenoxy) is 1. The van der Waals surface area contributed by atoms with Gasteiger partial charge in [0.05, 0.1) is 19.0 Å². The minimum absolute atomic E-state index is 0.264. The highest BCUT2D eigenvalue weighted by Crippen LogP contribution is 2.28. The number of hydrogen-bond donors (Lipinski definition) is 1. The molecule has 0 radical (unpaired) electrons. The molecule has 170 valence electrons. The van der Waals surface area contributed by atoms with Gasteiger partial charge in [0.2, 0.25) is 0 Å². The van der Waals surface area contributed by atoms with Crippen LogP contribution in [0.5, 0.6) is 0 Å². The number of benzene rings is 1. The molecule has 1 N–H and O–H groups in total. The lowest BCUT2D eigenvalue weighted by Crippen LogP contribution is -2.11. The molecule has 4 heterocycles. The number of pyridine rings is 2. The third-order valence-corrected chi connectivity index (χ3v) is 5.49. The van der Waals surface area contributed by atoms with E-state index in [1.165, 1.54) is 13.2 Å². The highest BCUT2D eigenvalue weighted by molar-refractivity contribution is 5.83. The Labute approximate surface area is 193 Å². The van der Waals surface area contributed by atoms with Crippen LogP contribution in [0.15, 0.2) is 61.3 Å². The SMILES string of the molecule is COC(=O)Nc1ccc(-c2cnc3c(C)cc(-c4nncn4-c4ccc(F)c(C)c4)cn23)cn1. The fourth-order valence-corrected chi connectivity index (χ4v) is 3.77. The summed E-state index contributed by atoms with van der Waals surface area (Å²) in [7, 11) is 1.29.